The number of fused-ring (bicyclic) bond motifs is 1. The van der Waals surface area contributed by atoms with Crippen molar-refractivity contribution in [3.05, 3.63) is 42.0 Å². The van der Waals surface area contributed by atoms with Crippen LogP contribution in [0.15, 0.2) is 36.4 Å². The third kappa shape index (κ3) is 3.35. The highest BCUT2D eigenvalue weighted by atomic mass is 16.5. The molecule has 2 aromatic carbocycles. The summed E-state index contributed by atoms with van der Waals surface area (Å²) in [4.78, 5) is 2.34. The molecule has 0 unspecified atom stereocenters. The monoisotopic (exact) mass is 287 g/mol. The molecule has 1 aliphatic heterocycles. The molecule has 1 fully saturated rings. The van der Waals surface area contributed by atoms with Crippen LogP contribution in [0.1, 0.15) is 5.56 Å². The fourth-order valence-electron chi connectivity index (χ4n) is 2.72. The van der Waals surface area contributed by atoms with Gasteiger partial charge in [-0.1, -0.05) is 30.3 Å². The molecule has 4 nitrogen and oxygen atoms in total. The molecule has 4 heteroatoms. The van der Waals surface area contributed by atoms with Gasteiger partial charge in [0.1, 0.15) is 12.4 Å². The second-order valence-corrected chi connectivity index (χ2v) is 5.22. The van der Waals surface area contributed by atoms with Crippen LogP contribution in [0.2, 0.25) is 0 Å². The van der Waals surface area contributed by atoms with Gasteiger partial charge in [0.2, 0.25) is 0 Å². The predicted octanol–water partition coefficient (Wildman–Crippen LogP) is 2.04. The van der Waals surface area contributed by atoms with Gasteiger partial charge in [-0.25, -0.2) is 0 Å². The number of aliphatic hydroxyl groups excluding tert-OH is 1. The Hall–Kier alpha value is -1.62. The highest BCUT2D eigenvalue weighted by Crippen LogP contribution is 2.28. The van der Waals surface area contributed by atoms with Crippen molar-refractivity contribution in [3.8, 4) is 5.75 Å². The predicted molar refractivity (Wildman–Crippen MR) is 82.6 cm³/mol. The zero-order valence-corrected chi connectivity index (χ0v) is 12.1. The molecule has 0 bridgehead atoms. The Morgan fingerprint density at radius 2 is 1.90 bits per heavy atom. The molecule has 1 aliphatic rings. The summed E-state index contributed by atoms with van der Waals surface area (Å²) in [6, 6.07) is 12.1. The van der Waals surface area contributed by atoms with Gasteiger partial charge in [-0.2, -0.15) is 0 Å². The van der Waals surface area contributed by atoms with Crippen molar-refractivity contribution in [1.29, 1.82) is 0 Å². The van der Waals surface area contributed by atoms with Gasteiger partial charge in [0, 0.05) is 25.2 Å². The van der Waals surface area contributed by atoms with E-state index in [2.05, 4.69) is 4.90 Å². The number of benzene rings is 2. The van der Waals surface area contributed by atoms with Crippen molar-refractivity contribution in [2.75, 3.05) is 39.5 Å². The first-order valence-electron chi connectivity index (χ1n) is 7.43. The first kappa shape index (κ1) is 14.3. The van der Waals surface area contributed by atoms with Crippen molar-refractivity contribution in [2.45, 2.75) is 6.61 Å². The molecule has 2 aromatic rings. The first-order valence-corrected chi connectivity index (χ1v) is 7.43. The molecular weight excluding hydrogens is 266 g/mol. The maximum Gasteiger partial charge on any atom is 0.125 e. The van der Waals surface area contributed by atoms with Crippen LogP contribution < -0.4 is 4.74 Å². The molecule has 1 heterocycles. The highest BCUT2D eigenvalue weighted by Gasteiger charge is 2.11. The Bertz CT molecular complexity index is 594. The van der Waals surface area contributed by atoms with Crippen molar-refractivity contribution in [3.63, 3.8) is 0 Å². The average molecular weight is 287 g/mol. The van der Waals surface area contributed by atoms with E-state index in [1.165, 1.54) is 0 Å². The van der Waals surface area contributed by atoms with E-state index in [-0.39, 0.29) is 6.61 Å². The van der Waals surface area contributed by atoms with Gasteiger partial charge in [0.15, 0.2) is 0 Å². The Morgan fingerprint density at radius 1 is 1.10 bits per heavy atom. The SMILES string of the molecule is OCc1c(OCCN2CCOCC2)ccc2ccccc12. The van der Waals surface area contributed by atoms with E-state index >= 15 is 0 Å². The third-order valence-corrected chi connectivity index (χ3v) is 3.92. The van der Waals surface area contributed by atoms with Gasteiger partial charge in [0.05, 0.1) is 19.8 Å². The maximum atomic E-state index is 9.66. The topological polar surface area (TPSA) is 41.9 Å². The molecule has 3 rings (SSSR count). The Kier molecular flexibility index (Phi) is 4.70. The van der Waals surface area contributed by atoms with E-state index in [1.807, 2.05) is 36.4 Å². The van der Waals surface area contributed by atoms with Gasteiger partial charge in [-0.05, 0) is 16.8 Å². The molecule has 0 atom stereocenters. The minimum atomic E-state index is -0.00571. The molecule has 0 aromatic heterocycles. The zero-order valence-electron chi connectivity index (χ0n) is 12.1. The molecule has 1 saturated heterocycles. The standard InChI is InChI=1S/C17H21NO3/c19-13-16-15-4-2-1-3-14(15)5-6-17(16)21-12-9-18-7-10-20-11-8-18/h1-6,19H,7-13H2. The zero-order chi connectivity index (χ0) is 14.5. The van der Waals surface area contributed by atoms with Crippen LogP contribution in [0.3, 0.4) is 0 Å². The first-order chi connectivity index (χ1) is 10.4. The van der Waals surface area contributed by atoms with Crippen LogP contribution in [0.4, 0.5) is 0 Å². The molecule has 0 radical (unpaired) electrons. The van der Waals surface area contributed by atoms with Gasteiger partial charge >= 0.3 is 0 Å². The van der Waals surface area contributed by atoms with Crippen molar-refractivity contribution in [1.82, 2.24) is 4.90 Å². The van der Waals surface area contributed by atoms with Crippen LogP contribution in [0.25, 0.3) is 10.8 Å². The number of morpholine rings is 1. The molecule has 0 spiro atoms. The molecule has 1 N–H and O–H groups in total. The van der Waals surface area contributed by atoms with Crippen LogP contribution in [0.5, 0.6) is 5.75 Å². The fourth-order valence-corrected chi connectivity index (χ4v) is 2.72. The Morgan fingerprint density at radius 3 is 2.71 bits per heavy atom. The van der Waals surface area contributed by atoms with Crippen LogP contribution in [0, 0.1) is 0 Å². The third-order valence-electron chi connectivity index (χ3n) is 3.92. The number of ether oxygens (including phenoxy) is 2. The van der Waals surface area contributed by atoms with Gasteiger partial charge < -0.3 is 14.6 Å². The summed E-state index contributed by atoms with van der Waals surface area (Å²) < 4.78 is 11.2. The number of nitrogens with zero attached hydrogens (tertiary/aromatic N) is 1. The van der Waals surface area contributed by atoms with E-state index in [0.29, 0.717) is 6.61 Å². The molecular formula is C17H21NO3. The summed E-state index contributed by atoms with van der Waals surface area (Å²) in [5.74, 6) is 0.782. The van der Waals surface area contributed by atoms with Gasteiger partial charge in [-0.15, -0.1) is 0 Å². The lowest BCUT2D eigenvalue weighted by Crippen LogP contribution is -2.38. The van der Waals surface area contributed by atoms with E-state index in [0.717, 1.165) is 54.9 Å². The second kappa shape index (κ2) is 6.89. The molecule has 0 aliphatic carbocycles. The maximum absolute atomic E-state index is 9.66. The Labute approximate surface area is 124 Å². The van der Waals surface area contributed by atoms with Gasteiger partial charge in [0.25, 0.3) is 0 Å². The lowest BCUT2D eigenvalue weighted by atomic mass is 10.0. The quantitative estimate of drug-likeness (QED) is 0.914. The normalized spacial score (nSPS) is 16.2. The molecule has 0 saturated carbocycles. The summed E-state index contributed by atoms with van der Waals surface area (Å²) in [5, 5.41) is 11.8. The molecule has 21 heavy (non-hydrogen) atoms. The largest absolute Gasteiger partial charge is 0.492 e. The van der Waals surface area contributed by atoms with E-state index in [1.54, 1.807) is 0 Å². The minimum absolute atomic E-state index is 0.00571. The lowest BCUT2D eigenvalue weighted by molar-refractivity contribution is 0.0321. The van der Waals surface area contributed by atoms with Crippen molar-refractivity contribution in [2.24, 2.45) is 0 Å². The van der Waals surface area contributed by atoms with E-state index in [9.17, 15) is 5.11 Å². The smallest absolute Gasteiger partial charge is 0.125 e. The lowest BCUT2D eigenvalue weighted by Gasteiger charge is -2.26. The average Bonchev–Trinajstić information content (AvgIpc) is 2.55. The Balaban J connectivity index is 1.68. The van der Waals surface area contributed by atoms with Crippen molar-refractivity contribution >= 4 is 10.8 Å². The summed E-state index contributed by atoms with van der Waals surface area (Å²) in [6.07, 6.45) is 0. The summed E-state index contributed by atoms with van der Waals surface area (Å²) in [5.41, 5.74) is 0.870. The minimum Gasteiger partial charge on any atom is -0.492 e. The molecule has 0 amide bonds. The fraction of sp³-hybridized carbons (Fsp3) is 0.412. The van der Waals surface area contributed by atoms with E-state index < -0.39 is 0 Å². The number of hydrogen-bond donors (Lipinski definition) is 1. The highest BCUT2D eigenvalue weighted by molar-refractivity contribution is 5.87. The molecule has 112 valence electrons. The second-order valence-electron chi connectivity index (χ2n) is 5.22. The number of hydrogen-bond acceptors (Lipinski definition) is 4. The summed E-state index contributed by atoms with van der Waals surface area (Å²) >= 11 is 0. The van der Waals surface area contributed by atoms with Gasteiger partial charge in [-0.3, -0.25) is 4.90 Å². The van der Waals surface area contributed by atoms with Crippen LogP contribution in [-0.2, 0) is 11.3 Å². The van der Waals surface area contributed by atoms with Crippen LogP contribution in [-0.4, -0.2) is 49.5 Å². The number of aliphatic hydroxyl groups is 1. The summed E-state index contributed by atoms with van der Waals surface area (Å²) in [6.45, 7) is 5.05. The van der Waals surface area contributed by atoms with Crippen molar-refractivity contribution < 1.29 is 14.6 Å². The summed E-state index contributed by atoms with van der Waals surface area (Å²) in [7, 11) is 0. The van der Waals surface area contributed by atoms with E-state index in [4.69, 9.17) is 9.47 Å². The van der Waals surface area contributed by atoms with Crippen LogP contribution >= 0.6 is 0 Å². The number of rotatable bonds is 5.